The average molecular weight is 244 g/mol. The fraction of sp³-hybridized carbons (Fsp3) is 0.231. The molecule has 0 unspecified atom stereocenters. The van der Waals surface area contributed by atoms with Gasteiger partial charge in [-0.3, -0.25) is 15.0 Å². The molecule has 0 saturated heterocycles. The van der Waals surface area contributed by atoms with Gasteiger partial charge in [0.05, 0.1) is 5.56 Å². The predicted octanol–water partition coefficient (Wildman–Crippen LogP) is 1.56. The van der Waals surface area contributed by atoms with Crippen molar-refractivity contribution in [3.05, 3.63) is 45.4 Å². The summed E-state index contributed by atoms with van der Waals surface area (Å²) < 4.78 is 0. The Bertz CT molecular complexity index is 682. The molecular weight excluding hydrogens is 232 g/mol. The highest BCUT2D eigenvalue weighted by Gasteiger charge is 2.19. The van der Waals surface area contributed by atoms with Gasteiger partial charge in [0.1, 0.15) is 0 Å². The number of aromatic nitrogens is 2. The Hall–Kier alpha value is -2.30. The number of fused-ring (bicyclic) bond motifs is 1. The van der Waals surface area contributed by atoms with Gasteiger partial charge < -0.3 is 5.11 Å². The molecule has 2 aromatic rings. The van der Waals surface area contributed by atoms with E-state index in [-0.39, 0.29) is 11.3 Å². The summed E-state index contributed by atoms with van der Waals surface area (Å²) in [5.41, 5.74) is 2.89. The number of carboxylic acids is 1. The van der Waals surface area contributed by atoms with Crippen LogP contribution in [-0.2, 0) is 12.8 Å². The number of nitrogens with one attached hydrogen (secondary N) is 2. The van der Waals surface area contributed by atoms with E-state index < -0.39 is 11.5 Å². The van der Waals surface area contributed by atoms with Gasteiger partial charge in [-0.15, -0.1) is 0 Å². The summed E-state index contributed by atoms with van der Waals surface area (Å²) in [6.45, 7) is 0. The molecular formula is C13H12N2O3. The van der Waals surface area contributed by atoms with Crippen molar-refractivity contribution in [2.24, 2.45) is 0 Å². The second-order valence-electron chi connectivity index (χ2n) is 4.47. The Kier molecular flexibility index (Phi) is 2.33. The Morgan fingerprint density at radius 1 is 1.17 bits per heavy atom. The van der Waals surface area contributed by atoms with E-state index in [4.69, 9.17) is 5.11 Å². The number of aromatic carboxylic acids is 1. The van der Waals surface area contributed by atoms with Crippen molar-refractivity contribution in [2.75, 3.05) is 0 Å². The molecule has 3 N–H and O–H groups in total. The first-order chi connectivity index (χ1) is 8.66. The topological polar surface area (TPSA) is 85.9 Å². The van der Waals surface area contributed by atoms with Gasteiger partial charge in [-0.1, -0.05) is 18.2 Å². The van der Waals surface area contributed by atoms with Crippen molar-refractivity contribution in [2.45, 2.75) is 19.3 Å². The molecule has 92 valence electrons. The lowest BCUT2D eigenvalue weighted by molar-refractivity contribution is 0.0691. The number of rotatable bonds is 2. The summed E-state index contributed by atoms with van der Waals surface area (Å²) in [5, 5.41) is 13.8. The van der Waals surface area contributed by atoms with Gasteiger partial charge in [-0.2, -0.15) is 0 Å². The molecule has 0 radical (unpaired) electrons. The molecule has 1 aromatic heterocycles. The van der Waals surface area contributed by atoms with Crippen LogP contribution in [0.1, 0.15) is 28.0 Å². The smallest absolute Gasteiger partial charge is 0.354 e. The molecule has 0 aliphatic heterocycles. The molecule has 18 heavy (non-hydrogen) atoms. The first-order valence-corrected chi connectivity index (χ1v) is 5.83. The predicted molar refractivity (Wildman–Crippen MR) is 65.8 cm³/mol. The molecule has 1 aliphatic carbocycles. The summed E-state index contributed by atoms with van der Waals surface area (Å²) >= 11 is 0. The first kappa shape index (κ1) is 10.8. The van der Waals surface area contributed by atoms with Gasteiger partial charge >= 0.3 is 5.97 Å². The molecule has 1 aliphatic rings. The van der Waals surface area contributed by atoms with Crippen LogP contribution in [0.4, 0.5) is 0 Å². The molecule has 5 nitrogen and oxygen atoms in total. The largest absolute Gasteiger partial charge is 0.477 e. The lowest BCUT2D eigenvalue weighted by atomic mass is 10.0. The average Bonchev–Trinajstić information content (AvgIpc) is 2.93. The van der Waals surface area contributed by atoms with Crippen LogP contribution in [0.3, 0.4) is 0 Å². The second kappa shape index (κ2) is 3.87. The van der Waals surface area contributed by atoms with Gasteiger partial charge in [-0.05, 0) is 36.0 Å². The summed E-state index contributed by atoms with van der Waals surface area (Å²) in [5.74, 6) is -1.14. The lowest BCUT2D eigenvalue weighted by Crippen LogP contribution is -2.05. The Morgan fingerprint density at radius 2 is 1.94 bits per heavy atom. The van der Waals surface area contributed by atoms with Gasteiger partial charge in [0, 0.05) is 0 Å². The van der Waals surface area contributed by atoms with Crippen molar-refractivity contribution in [3.63, 3.8) is 0 Å². The highest BCUT2D eigenvalue weighted by atomic mass is 16.4. The minimum atomic E-state index is -1.14. The van der Waals surface area contributed by atoms with Crippen LogP contribution in [0.2, 0.25) is 0 Å². The Labute approximate surface area is 102 Å². The highest BCUT2D eigenvalue weighted by Crippen LogP contribution is 2.27. The fourth-order valence-corrected chi connectivity index (χ4v) is 2.52. The molecule has 1 heterocycles. The third-order valence-corrected chi connectivity index (χ3v) is 3.38. The molecule has 0 spiro atoms. The summed E-state index contributed by atoms with van der Waals surface area (Å²) in [6, 6.07) is 5.72. The standard InChI is InChI=1S/C13H12N2O3/c16-12-10(11(13(17)18)14-15-12)9-5-4-7-2-1-3-8(7)6-9/h4-6H,1-3H2,(H,17,18)(H2,14,15,16). The molecule has 3 rings (SSSR count). The third-order valence-electron chi connectivity index (χ3n) is 3.38. The highest BCUT2D eigenvalue weighted by molar-refractivity contribution is 5.93. The normalized spacial score (nSPS) is 13.6. The molecule has 0 bridgehead atoms. The van der Waals surface area contributed by atoms with E-state index in [1.54, 1.807) is 0 Å². The van der Waals surface area contributed by atoms with Crippen LogP contribution in [0.15, 0.2) is 23.0 Å². The first-order valence-electron chi connectivity index (χ1n) is 5.83. The maximum Gasteiger partial charge on any atom is 0.354 e. The van der Waals surface area contributed by atoms with Gasteiger partial charge in [0.15, 0.2) is 5.69 Å². The minimum Gasteiger partial charge on any atom is -0.477 e. The zero-order chi connectivity index (χ0) is 12.7. The van der Waals surface area contributed by atoms with Crippen LogP contribution in [-0.4, -0.2) is 21.3 Å². The molecule has 0 saturated carbocycles. The summed E-state index contributed by atoms with van der Waals surface area (Å²) in [4.78, 5) is 22.7. The van der Waals surface area contributed by atoms with Crippen LogP contribution < -0.4 is 5.56 Å². The van der Waals surface area contributed by atoms with Crippen LogP contribution in [0, 0.1) is 0 Å². The Balaban J connectivity index is 2.18. The lowest BCUT2D eigenvalue weighted by Gasteiger charge is -2.03. The molecule has 0 atom stereocenters. The van der Waals surface area contributed by atoms with Gasteiger partial charge in [0.25, 0.3) is 5.56 Å². The Morgan fingerprint density at radius 3 is 2.72 bits per heavy atom. The van der Waals surface area contributed by atoms with Crippen molar-refractivity contribution in [1.29, 1.82) is 0 Å². The van der Waals surface area contributed by atoms with Crippen LogP contribution in [0.5, 0.6) is 0 Å². The number of hydrogen-bond acceptors (Lipinski definition) is 2. The van der Waals surface area contributed by atoms with Crippen molar-refractivity contribution in [3.8, 4) is 11.1 Å². The maximum absolute atomic E-state index is 11.7. The fourth-order valence-electron chi connectivity index (χ4n) is 2.52. The number of carboxylic acid groups (broad SMARTS) is 1. The molecule has 0 fully saturated rings. The molecule has 5 heteroatoms. The van der Waals surface area contributed by atoms with Crippen molar-refractivity contribution in [1.82, 2.24) is 10.2 Å². The number of benzene rings is 1. The number of aromatic amines is 2. The van der Waals surface area contributed by atoms with Crippen LogP contribution >= 0.6 is 0 Å². The van der Waals surface area contributed by atoms with E-state index in [0.717, 1.165) is 19.3 Å². The van der Waals surface area contributed by atoms with Gasteiger partial charge in [-0.25, -0.2) is 4.79 Å². The summed E-state index contributed by atoms with van der Waals surface area (Å²) in [6.07, 6.45) is 3.17. The van der Waals surface area contributed by atoms with E-state index in [2.05, 4.69) is 10.2 Å². The quantitative estimate of drug-likeness (QED) is 0.749. The van der Waals surface area contributed by atoms with Crippen molar-refractivity contribution < 1.29 is 9.90 Å². The zero-order valence-electron chi connectivity index (χ0n) is 9.62. The SMILES string of the molecule is O=C(O)c1[nH][nH]c(=O)c1-c1ccc2c(c1)CCC2. The number of hydrogen-bond donors (Lipinski definition) is 3. The van der Waals surface area contributed by atoms with E-state index in [1.807, 2.05) is 18.2 Å². The van der Waals surface area contributed by atoms with E-state index in [0.29, 0.717) is 5.56 Å². The number of aryl methyl sites for hydroxylation is 2. The van der Waals surface area contributed by atoms with Crippen molar-refractivity contribution >= 4 is 5.97 Å². The zero-order valence-corrected chi connectivity index (χ0v) is 9.62. The minimum absolute atomic E-state index is 0.0852. The second-order valence-corrected chi connectivity index (χ2v) is 4.47. The van der Waals surface area contributed by atoms with E-state index in [1.165, 1.54) is 11.1 Å². The number of H-pyrrole nitrogens is 2. The molecule has 0 amide bonds. The summed E-state index contributed by atoms with van der Waals surface area (Å²) in [7, 11) is 0. The van der Waals surface area contributed by atoms with Crippen LogP contribution in [0.25, 0.3) is 11.1 Å². The molecule has 1 aromatic carbocycles. The maximum atomic E-state index is 11.7. The number of carbonyl (C=O) groups is 1. The van der Waals surface area contributed by atoms with Gasteiger partial charge in [0.2, 0.25) is 0 Å². The van der Waals surface area contributed by atoms with E-state index in [9.17, 15) is 9.59 Å². The monoisotopic (exact) mass is 244 g/mol. The van der Waals surface area contributed by atoms with E-state index >= 15 is 0 Å². The third kappa shape index (κ3) is 1.55.